The molecule has 1 aromatic carbocycles. The van der Waals surface area contributed by atoms with Crippen LogP contribution in [0.25, 0.3) is 0 Å². The molecule has 0 aromatic heterocycles. The average molecular weight is 220 g/mol. The fraction of sp³-hybridized carbons (Fsp3) is 0.571. The Morgan fingerprint density at radius 3 is 2.25 bits per heavy atom. The summed E-state index contributed by atoms with van der Waals surface area (Å²) in [5, 5.41) is 0. The molecule has 1 fully saturated rings. The maximum atomic E-state index is 5.42. The molecule has 16 heavy (non-hydrogen) atoms. The van der Waals surface area contributed by atoms with Gasteiger partial charge < -0.3 is 9.47 Å². The lowest BCUT2D eigenvalue weighted by molar-refractivity contribution is 0.0968. The predicted molar refractivity (Wildman–Crippen MR) is 64.9 cm³/mol. The Morgan fingerprint density at radius 2 is 1.62 bits per heavy atom. The molecule has 2 heteroatoms. The Labute approximate surface area is 97.6 Å². The van der Waals surface area contributed by atoms with Gasteiger partial charge in [-0.05, 0) is 43.7 Å². The van der Waals surface area contributed by atoms with Crippen LogP contribution in [0.2, 0.25) is 0 Å². The molecule has 0 spiro atoms. The summed E-state index contributed by atoms with van der Waals surface area (Å²) in [5.74, 6) is 1.08. The van der Waals surface area contributed by atoms with E-state index in [9.17, 15) is 0 Å². The number of ether oxygens (including phenoxy) is 2. The van der Waals surface area contributed by atoms with Gasteiger partial charge in [-0.15, -0.1) is 0 Å². The van der Waals surface area contributed by atoms with Crippen LogP contribution < -0.4 is 4.74 Å². The van der Waals surface area contributed by atoms with Crippen molar-refractivity contribution in [3.8, 4) is 5.75 Å². The minimum absolute atomic E-state index is 0.886. The number of rotatable bonds is 0. The molecule has 0 unspecified atom stereocenters. The Kier molecular flexibility index (Phi) is 4.69. The fourth-order valence-electron chi connectivity index (χ4n) is 1.98. The van der Waals surface area contributed by atoms with Gasteiger partial charge in [-0.3, -0.25) is 0 Å². The van der Waals surface area contributed by atoms with Gasteiger partial charge in [0.25, 0.3) is 0 Å². The van der Waals surface area contributed by atoms with Crippen molar-refractivity contribution >= 4 is 0 Å². The first kappa shape index (κ1) is 11.5. The van der Waals surface area contributed by atoms with Crippen LogP contribution in [0, 0.1) is 0 Å². The van der Waals surface area contributed by atoms with E-state index in [4.69, 9.17) is 9.47 Å². The van der Waals surface area contributed by atoms with Crippen molar-refractivity contribution in [3.63, 3.8) is 0 Å². The van der Waals surface area contributed by atoms with E-state index in [1.54, 1.807) is 0 Å². The Hall–Kier alpha value is -1.02. The topological polar surface area (TPSA) is 18.5 Å². The highest BCUT2D eigenvalue weighted by atomic mass is 16.5. The summed E-state index contributed by atoms with van der Waals surface area (Å²) in [7, 11) is 0. The van der Waals surface area contributed by atoms with Crippen molar-refractivity contribution in [2.75, 3.05) is 19.8 Å². The SMILES string of the molecule is C1CCOCC1.c1ccc2c(c1)CCCO2. The zero-order chi connectivity index (χ0) is 11.1. The van der Waals surface area contributed by atoms with Crippen molar-refractivity contribution in [2.45, 2.75) is 32.1 Å². The van der Waals surface area contributed by atoms with Crippen LogP contribution in [-0.4, -0.2) is 19.8 Å². The average Bonchev–Trinajstić information content (AvgIpc) is 2.42. The summed E-state index contributed by atoms with van der Waals surface area (Å²) in [5.41, 5.74) is 1.36. The lowest BCUT2D eigenvalue weighted by atomic mass is 10.1. The second kappa shape index (κ2) is 6.54. The van der Waals surface area contributed by atoms with Crippen molar-refractivity contribution in [2.24, 2.45) is 0 Å². The van der Waals surface area contributed by atoms with Crippen molar-refractivity contribution in [3.05, 3.63) is 29.8 Å². The highest BCUT2D eigenvalue weighted by molar-refractivity contribution is 5.34. The van der Waals surface area contributed by atoms with Crippen molar-refractivity contribution < 1.29 is 9.47 Å². The lowest BCUT2D eigenvalue weighted by Crippen LogP contribution is -2.07. The number of benzene rings is 1. The number of hydrogen-bond acceptors (Lipinski definition) is 2. The molecule has 0 atom stereocenters. The predicted octanol–water partition coefficient (Wildman–Crippen LogP) is 3.20. The summed E-state index contributed by atoms with van der Waals surface area (Å²) >= 11 is 0. The molecule has 3 rings (SSSR count). The molecule has 2 nitrogen and oxygen atoms in total. The minimum Gasteiger partial charge on any atom is -0.493 e. The molecule has 88 valence electrons. The van der Waals surface area contributed by atoms with E-state index in [1.165, 1.54) is 31.2 Å². The van der Waals surface area contributed by atoms with E-state index in [2.05, 4.69) is 12.1 Å². The Morgan fingerprint density at radius 1 is 0.812 bits per heavy atom. The highest BCUT2D eigenvalue weighted by Crippen LogP contribution is 2.23. The number of hydrogen-bond donors (Lipinski definition) is 0. The molecular formula is C14H20O2. The van der Waals surface area contributed by atoms with Gasteiger partial charge in [0.05, 0.1) is 6.61 Å². The zero-order valence-electron chi connectivity index (χ0n) is 9.78. The maximum absolute atomic E-state index is 5.42. The normalized spacial score (nSPS) is 18.8. The summed E-state index contributed by atoms with van der Waals surface area (Å²) < 4.78 is 10.5. The third kappa shape index (κ3) is 3.53. The van der Waals surface area contributed by atoms with Crippen molar-refractivity contribution in [1.29, 1.82) is 0 Å². The van der Waals surface area contributed by atoms with Crippen LogP contribution in [0.1, 0.15) is 31.2 Å². The molecule has 2 aliphatic rings. The number of para-hydroxylation sites is 1. The van der Waals surface area contributed by atoms with Gasteiger partial charge in [-0.2, -0.15) is 0 Å². The second-order valence-electron chi connectivity index (χ2n) is 4.23. The van der Waals surface area contributed by atoms with Crippen LogP contribution >= 0.6 is 0 Å². The maximum Gasteiger partial charge on any atom is 0.122 e. The van der Waals surface area contributed by atoms with E-state index >= 15 is 0 Å². The Bertz CT molecular complexity index is 269. The molecule has 1 saturated heterocycles. The van der Waals surface area contributed by atoms with E-state index in [0.717, 1.165) is 32.0 Å². The van der Waals surface area contributed by atoms with E-state index in [-0.39, 0.29) is 0 Å². The summed E-state index contributed by atoms with van der Waals surface area (Å²) in [6, 6.07) is 8.25. The standard InChI is InChI=1S/C9H10O.C5H10O/c1-2-6-9-8(4-1)5-3-7-10-9;1-2-4-6-5-3-1/h1-2,4,6H,3,5,7H2;1-5H2. The molecule has 0 N–H and O–H groups in total. The largest absolute Gasteiger partial charge is 0.493 e. The second-order valence-corrected chi connectivity index (χ2v) is 4.23. The van der Waals surface area contributed by atoms with Crippen LogP contribution in [0.15, 0.2) is 24.3 Å². The Balaban J connectivity index is 0.000000138. The van der Waals surface area contributed by atoms with Gasteiger partial charge in [-0.1, -0.05) is 18.2 Å². The monoisotopic (exact) mass is 220 g/mol. The smallest absolute Gasteiger partial charge is 0.122 e. The molecule has 0 radical (unpaired) electrons. The number of fused-ring (bicyclic) bond motifs is 1. The first-order chi connectivity index (χ1) is 7.97. The molecule has 0 saturated carbocycles. The van der Waals surface area contributed by atoms with Gasteiger partial charge in [0.1, 0.15) is 5.75 Å². The molecule has 2 heterocycles. The van der Waals surface area contributed by atoms with E-state index in [0.29, 0.717) is 0 Å². The van der Waals surface area contributed by atoms with Crippen molar-refractivity contribution in [1.82, 2.24) is 0 Å². The number of aryl methyl sites for hydroxylation is 1. The zero-order valence-corrected chi connectivity index (χ0v) is 9.78. The summed E-state index contributed by atoms with van der Waals surface area (Å²) in [6.07, 6.45) is 6.27. The first-order valence-corrected chi connectivity index (χ1v) is 6.25. The molecule has 0 aliphatic carbocycles. The van der Waals surface area contributed by atoms with Crippen LogP contribution in [0.4, 0.5) is 0 Å². The van der Waals surface area contributed by atoms with Crippen LogP contribution in [0.5, 0.6) is 5.75 Å². The molecule has 0 bridgehead atoms. The van der Waals surface area contributed by atoms with Gasteiger partial charge in [0.2, 0.25) is 0 Å². The highest BCUT2D eigenvalue weighted by Gasteiger charge is 2.06. The molecule has 2 aliphatic heterocycles. The quantitative estimate of drug-likeness (QED) is 0.668. The first-order valence-electron chi connectivity index (χ1n) is 6.25. The van der Waals surface area contributed by atoms with Crippen LogP contribution in [0.3, 0.4) is 0 Å². The third-order valence-electron chi connectivity index (χ3n) is 2.90. The molecular weight excluding hydrogens is 200 g/mol. The lowest BCUT2D eigenvalue weighted by Gasteiger charge is -2.15. The molecule has 0 amide bonds. The fourth-order valence-corrected chi connectivity index (χ4v) is 1.98. The van der Waals surface area contributed by atoms with E-state index in [1.807, 2.05) is 12.1 Å². The van der Waals surface area contributed by atoms with Crippen LogP contribution in [-0.2, 0) is 11.2 Å². The summed E-state index contributed by atoms with van der Waals surface area (Å²) in [6.45, 7) is 2.89. The van der Waals surface area contributed by atoms with E-state index < -0.39 is 0 Å². The third-order valence-corrected chi connectivity index (χ3v) is 2.90. The van der Waals surface area contributed by atoms with Gasteiger partial charge in [-0.25, -0.2) is 0 Å². The van der Waals surface area contributed by atoms with Gasteiger partial charge >= 0.3 is 0 Å². The van der Waals surface area contributed by atoms with Gasteiger partial charge in [0, 0.05) is 13.2 Å². The van der Waals surface area contributed by atoms with Gasteiger partial charge in [0.15, 0.2) is 0 Å². The summed E-state index contributed by atoms with van der Waals surface area (Å²) in [4.78, 5) is 0. The molecule has 1 aromatic rings. The minimum atomic E-state index is 0.886.